The molecule has 3 rings (SSSR count). The summed E-state index contributed by atoms with van der Waals surface area (Å²) < 4.78 is 0. The fourth-order valence-electron chi connectivity index (χ4n) is 2.48. The van der Waals surface area contributed by atoms with Crippen molar-refractivity contribution in [1.82, 2.24) is 25.3 Å². The van der Waals surface area contributed by atoms with Crippen LogP contribution in [0.25, 0.3) is 11.2 Å². The number of aromatic amines is 1. The third kappa shape index (κ3) is 3.20. The number of nitrogen functional groups attached to an aromatic ring is 1. The molecule has 0 saturated heterocycles. The van der Waals surface area contributed by atoms with Crippen molar-refractivity contribution in [2.45, 2.75) is 32.7 Å². The van der Waals surface area contributed by atoms with E-state index in [2.05, 4.69) is 31.5 Å². The summed E-state index contributed by atoms with van der Waals surface area (Å²) in [5.41, 5.74) is 6.76. The van der Waals surface area contributed by atoms with Gasteiger partial charge in [-0.2, -0.15) is 4.98 Å². The van der Waals surface area contributed by atoms with Crippen LogP contribution in [-0.4, -0.2) is 26.2 Å². The SMILES string of the molecule is CC1([C]=O)CC=C(NCc2cnc3nc(N)[nH]c(=O)c3n2)CC1. The first-order valence-electron chi connectivity index (χ1n) is 7.33. The molecule has 8 heteroatoms. The van der Waals surface area contributed by atoms with Gasteiger partial charge >= 0.3 is 0 Å². The van der Waals surface area contributed by atoms with Gasteiger partial charge in [0.05, 0.1) is 18.4 Å². The molecule has 0 fully saturated rings. The molecule has 0 bridgehead atoms. The largest absolute Gasteiger partial charge is 0.383 e. The number of aromatic nitrogens is 4. The highest BCUT2D eigenvalue weighted by atomic mass is 16.1. The van der Waals surface area contributed by atoms with E-state index in [0.717, 1.165) is 18.5 Å². The second kappa shape index (κ2) is 5.79. The van der Waals surface area contributed by atoms with Gasteiger partial charge in [-0.25, -0.2) is 9.97 Å². The first-order valence-corrected chi connectivity index (χ1v) is 7.33. The number of nitrogens with one attached hydrogen (secondary N) is 2. The van der Waals surface area contributed by atoms with E-state index in [9.17, 15) is 9.59 Å². The number of rotatable bonds is 4. The Balaban J connectivity index is 1.73. The number of nitrogens with two attached hydrogens (primary N) is 1. The molecule has 4 N–H and O–H groups in total. The maximum Gasteiger partial charge on any atom is 0.280 e. The number of fused-ring (bicyclic) bond motifs is 1. The van der Waals surface area contributed by atoms with E-state index >= 15 is 0 Å². The number of nitrogens with zero attached hydrogens (tertiary/aromatic N) is 3. The van der Waals surface area contributed by atoms with Gasteiger partial charge in [-0.3, -0.25) is 14.6 Å². The molecular formula is C15H17N6O2. The van der Waals surface area contributed by atoms with Crippen LogP contribution in [0.2, 0.25) is 0 Å². The Bertz CT molecular complexity index is 843. The Kier molecular flexibility index (Phi) is 3.81. The Morgan fingerprint density at radius 2 is 2.30 bits per heavy atom. The predicted octanol–water partition coefficient (Wildman–Crippen LogP) is 0.569. The van der Waals surface area contributed by atoms with Crippen LogP contribution in [0.15, 0.2) is 22.8 Å². The third-order valence-electron chi connectivity index (χ3n) is 3.97. The van der Waals surface area contributed by atoms with Gasteiger partial charge in [0, 0.05) is 11.1 Å². The average Bonchev–Trinajstić information content (AvgIpc) is 2.54. The van der Waals surface area contributed by atoms with Gasteiger partial charge in [0.2, 0.25) is 12.2 Å². The van der Waals surface area contributed by atoms with Crippen LogP contribution in [0.5, 0.6) is 0 Å². The molecule has 1 aliphatic rings. The number of carbonyl (C=O) groups excluding carboxylic acids is 1. The molecule has 1 atom stereocenters. The lowest BCUT2D eigenvalue weighted by Crippen LogP contribution is -2.25. The van der Waals surface area contributed by atoms with Gasteiger partial charge in [0.25, 0.3) is 5.56 Å². The molecule has 2 aromatic rings. The normalized spacial score (nSPS) is 21.0. The first kappa shape index (κ1) is 15.1. The number of H-pyrrole nitrogens is 1. The van der Waals surface area contributed by atoms with Crippen molar-refractivity contribution < 1.29 is 4.79 Å². The molecule has 0 aromatic carbocycles. The minimum absolute atomic E-state index is 0.0186. The van der Waals surface area contributed by atoms with E-state index in [-0.39, 0.29) is 22.5 Å². The average molecular weight is 313 g/mol. The molecular weight excluding hydrogens is 296 g/mol. The topological polar surface area (TPSA) is 127 Å². The Hall–Kier alpha value is -2.77. The fourth-order valence-corrected chi connectivity index (χ4v) is 2.48. The second-order valence-corrected chi connectivity index (χ2v) is 5.93. The van der Waals surface area contributed by atoms with E-state index in [0.29, 0.717) is 18.7 Å². The highest BCUT2D eigenvalue weighted by Gasteiger charge is 2.27. The van der Waals surface area contributed by atoms with Gasteiger partial charge in [-0.05, 0) is 19.3 Å². The smallest absolute Gasteiger partial charge is 0.280 e. The van der Waals surface area contributed by atoms with Gasteiger partial charge < -0.3 is 11.1 Å². The molecule has 119 valence electrons. The minimum atomic E-state index is -0.406. The maximum absolute atomic E-state index is 11.8. The molecule has 1 radical (unpaired) electrons. The summed E-state index contributed by atoms with van der Waals surface area (Å²) >= 11 is 0. The zero-order valence-electron chi connectivity index (χ0n) is 12.7. The van der Waals surface area contributed by atoms with E-state index in [1.807, 2.05) is 13.0 Å². The first-order chi connectivity index (χ1) is 11.0. The summed E-state index contributed by atoms with van der Waals surface area (Å²) in [5, 5.41) is 3.27. The van der Waals surface area contributed by atoms with Crippen LogP contribution in [0, 0.1) is 5.41 Å². The number of hydrogen-bond donors (Lipinski definition) is 3. The summed E-state index contributed by atoms with van der Waals surface area (Å²) in [7, 11) is 0. The number of allylic oxidation sites excluding steroid dienone is 2. The van der Waals surface area contributed by atoms with Crippen LogP contribution in [0.4, 0.5) is 5.95 Å². The predicted molar refractivity (Wildman–Crippen MR) is 84.9 cm³/mol. The standard InChI is InChI=1S/C15H17N6O2/c1-15(8-22)4-2-9(3-5-15)17-6-10-7-18-12-11(19-10)13(23)21-14(16)20-12/h2,7,17H,3-6H2,1H3,(H3,16,18,20,21,23). The highest BCUT2D eigenvalue weighted by molar-refractivity contribution is 5.69. The van der Waals surface area contributed by atoms with Gasteiger partial charge in [-0.15, -0.1) is 0 Å². The molecule has 0 saturated carbocycles. The van der Waals surface area contributed by atoms with E-state index in [1.165, 1.54) is 0 Å². The molecule has 23 heavy (non-hydrogen) atoms. The van der Waals surface area contributed by atoms with Crippen molar-refractivity contribution in [3.05, 3.63) is 34.0 Å². The Labute approximate surface area is 132 Å². The molecule has 1 unspecified atom stereocenters. The molecule has 8 nitrogen and oxygen atoms in total. The lowest BCUT2D eigenvalue weighted by Gasteiger charge is -2.26. The van der Waals surface area contributed by atoms with E-state index in [1.54, 1.807) is 6.20 Å². The maximum atomic E-state index is 11.8. The minimum Gasteiger partial charge on any atom is -0.383 e. The van der Waals surface area contributed by atoms with Gasteiger partial charge in [0.15, 0.2) is 11.2 Å². The van der Waals surface area contributed by atoms with Crippen LogP contribution in [-0.2, 0) is 11.3 Å². The zero-order valence-corrected chi connectivity index (χ0v) is 12.7. The van der Waals surface area contributed by atoms with Crippen molar-refractivity contribution in [2.75, 3.05) is 5.73 Å². The Morgan fingerprint density at radius 3 is 3.00 bits per heavy atom. The molecule has 1 aliphatic carbocycles. The van der Waals surface area contributed by atoms with Crippen molar-refractivity contribution >= 4 is 23.4 Å². The molecule has 2 aromatic heterocycles. The van der Waals surface area contributed by atoms with Crippen molar-refractivity contribution in [1.29, 1.82) is 0 Å². The molecule has 2 heterocycles. The molecule has 0 aliphatic heterocycles. The van der Waals surface area contributed by atoms with Crippen molar-refractivity contribution in [2.24, 2.45) is 5.41 Å². The Morgan fingerprint density at radius 1 is 1.48 bits per heavy atom. The van der Waals surface area contributed by atoms with Crippen LogP contribution in [0.1, 0.15) is 31.9 Å². The summed E-state index contributed by atoms with van der Waals surface area (Å²) in [4.78, 5) is 37.4. The fraction of sp³-hybridized carbons (Fsp3) is 0.400. The molecule has 0 spiro atoms. The van der Waals surface area contributed by atoms with Gasteiger partial charge in [0.1, 0.15) is 0 Å². The lowest BCUT2D eigenvalue weighted by molar-refractivity contribution is 0.374. The number of hydrogen-bond acceptors (Lipinski definition) is 7. The summed E-state index contributed by atoms with van der Waals surface area (Å²) in [6, 6.07) is 0. The molecule has 0 amide bonds. The van der Waals surface area contributed by atoms with Crippen LogP contribution >= 0.6 is 0 Å². The van der Waals surface area contributed by atoms with Gasteiger partial charge in [-0.1, -0.05) is 13.0 Å². The van der Waals surface area contributed by atoms with E-state index in [4.69, 9.17) is 5.73 Å². The van der Waals surface area contributed by atoms with Crippen molar-refractivity contribution in [3.8, 4) is 0 Å². The number of anilines is 1. The van der Waals surface area contributed by atoms with Crippen LogP contribution in [0.3, 0.4) is 0 Å². The summed E-state index contributed by atoms with van der Waals surface area (Å²) in [6.45, 7) is 2.35. The second-order valence-electron chi connectivity index (χ2n) is 5.93. The summed E-state index contributed by atoms with van der Waals surface area (Å²) in [6.07, 6.45) is 7.90. The summed E-state index contributed by atoms with van der Waals surface area (Å²) in [5.74, 6) is 0.0186. The highest BCUT2D eigenvalue weighted by Crippen LogP contribution is 2.32. The van der Waals surface area contributed by atoms with Crippen LogP contribution < -0.4 is 16.6 Å². The third-order valence-corrected chi connectivity index (χ3v) is 3.97. The zero-order chi connectivity index (χ0) is 16.4. The lowest BCUT2D eigenvalue weighted by atomic mass is 9.79. The monoisotopic (exact) mass is 313 g/mol. The quantitative estimate of drug-likeness (QED) is 0.753. The van der Waals surface area contributed by atoms with E-state index < -0.39 is 5.56 Å². The van der Waals surface area contributed by atoms with Crippen molar-refractivity contribution in [3.63, 3.8) is 0 Å².